The Morgan fingerprint density at radius 2 is 1.84 bits per heavy atom. The van der Waals surface area contributed by atoms with E-state index >= 15 is 0 Å². The van der Waals surface area contributed by atoms with E-state index in [0.29, 0.717) is 24.4 Å². The van der Waals surface area contributed by atoms with E-state index in [-0.39, 0.29) is 5.91 Å². The second-order valence-corrected chi connectivity index (χ2v) is 7.63. The average molecular weight is 344 g/mol. The zero-order chi connectivity index (χ0) is 17.5. The number of carbonyl (C=O) groups is 1. The molecule has 0 aliphatic carbocycles. The van der Waals surface area contributed by atoms with Crippen molar-refractivity contribution in [1.29, 1.82) is 0 Å². The molecule has 0 spiro atoms. The molecule has 4 nitrogen and oxygen atoms in total. The summed E-state index contributed by atoms with van der Waals surface area (Å²) in [6, 6.07) is 11.1. The van der Waals surface area contributed by atoms with Crippen molar-refractivity contribution in [1.82, 2.24) is 10.2 Å². The number of benzene rings is 1. The van der Waals surface area contributed by atoms with Crippen LogP contribution in [0.15, 0.2) is 30.3 Å². The number of rotatable bonds is 6. The Labute approximate surface area is 151 Å². The maximum Gasteiger partial charge on any atom is 0.236 e. The fourth-order valence-electron chi connectivity index (χ4n) is 4.08. The lowest BCUT2D eigenvalue weighted by Crippen LogP contribution is -2.46. The van der Waals surface area contributed by atoms with E-state index in [9.17, 15) is 4.79 Å². The summed E-state index contributed by atoms with van der Waals surface area (Å²) in [4.78, 5) is 14.5. The summed E-state index contributed by atoms with van der Waals surface area (Å²) in [6.45, 7) is 6.21. The number of nitrogens with one attached hydrogen (secondary N) is 1. The quantitative estimate of drug-likeness (QED) is 0.863. The molecule has 0 bridgehead atoms. The highest BCUT2D eigenvalue weighted by molar-refractivity contribution is 5.78. The van der Waals surface area contributed by atoms with Crippen LogP contribution in [0.3, 0.4) is 0 Å². The Morgan fingerprint density at radius 1 is 1.16 bits per heavy atom. The number of amides is 1. The molecule has 4 heteroatoms. The smallest absolute Gasteiger partial charge is 0.236 e. The van der Waals surface area contributed by atoms with Crippen LogP contribution in [0.1, 0.15) is 38.2 Å². The van der Waals surface area contributed by atoms with Gasteiger partial charge in [-0.05, 0) is 56.4 Å². The lowest BCUT2D eigenvalue weighted by atomic mass is 9.90. The first-order valence-electron chi connectivity index (χ1n) is 9.85. The van der Waals surface area contributed by atoms with Crippen LogP contribution in [0.4, 0.5) is 0 Å². The van der Waals surface area contributed by atoms with Gasteiger partial charge in [0.1, 0.15) is 0 Å². The number of hydrogen-bond donors (Lipinski definition) is 1. The zero-order valence-electron chi connectivity index (χ0n) is 15.5. The first kappa shape index (κ1) is 18.4. The van der Waals surface area contributed by atoms with Gasteiger partial charge in [0.05, 0.1) is 6.54 Å². The molecule has 0 saturated carbocycles. The van der Waals surface area contributed by atoms with Crippen LogP contribution < -0.4 is 5.32 Å². The van der Waals surface area contributed by atoms with Crippen LogP contribution in [0.2, 0.25) is 0 Å². The van der Waals surface area contributed by atoms with Crippen molar-refractivity contribution >= 4 is 5.91 Å². The molecule has 3 rings (SSSR count). The van der Waals surface area contributed by atoms with E-state index in [1.165, 1.54) is 5.56 Å². The van der Waals surface area contributed by atoms with E-state index in [2.05, 4.69) is 42.6 Å². The van der Waals surface area contributed by atoms with Gasteiger partial charge in [0.2, 0.25) is 5.91 Å². The Kier molecular flexibility index (Phi) is 6.88. The van der Waals surface area contributed by atoms with Crippen molar-refractivity contribution in [2.75, 3.05) is 32.8 Å². The van der Waals surface area contributed by atoms with Gasteiger partial charge in [-0.15, -0.1) is 0 Å². The molecule has 2 saturated heterocycles. The molecule has 1 aromatic carbocycles. The number of piperidine rings is 1. The van der Waals surface area contributed by atoms with Crippen molar-refractivity contribution in [2.45, 2.75) is 45.1 Å². The van der Waals surface area contributed by atoms with Gasteiger partial charge in [-0.25, -0.2) is 0 Å². The first-order valence-corrected chi connectivity index (χ1v) is 9.85. The second kappa shape index (κ2) is 9.35. The molecule has 1 amide bonds. The number of likely N-dealkylation sites (tertiary alicyclic amines) is 1. The monoisotopic (exact) mass is 344 g/mol. The zero-order valence-corrected chi connectivity index (χ0v) is 15.5. The van der Waals surface area contributed by atoms with Gasteiger partial charge in [0.25, 0.3) is 0 Å². The number of ether oxygens (including phenoxy) is 1. The predicted octanol–water partition coefficient (Wildman–Crippen LogP) is 2.87. The minimum atomic E-state index is 0.261. The standard InChI is InChI=1S/C21H32N2O2/c1-17(20-9-13-25-14-10-20)22-16-21(24)23-11-7-19(8-12-23)15-18-5-3-2-4-6-18/h2-6,17,19-20,22H,7-16H2,1H3. The molecule has 1 N–H and O–H groups in total. The van der Waals surface area contributed by atoms with Crippen molar-refractivity contribution in [2.24, 2.45) is 11.8 Å². The lowest BCUT2D eigenvalue weighted by Gasteiger charge is -2.33. The van der Waals surface area contributed by atoms with E-state index < -0.39 is 0 Å². The van der Waals surface area contributed by atoms with E-state index in [1.807, 2.05) is 4.90 Å². The molecule has 0 aromatic heterocycles. The minimum absolute atomic E-state index is 0.261. The molecule has 1 unspecified atom stereocenters. The van der Waals surface area contributed by atoms with Gasteiger partial charge in [0, 0.05) is 32.3 Å². The molecular weight excluding hydrogens is 312 g/mol. The summed E-state index contributed by atoms with van der Waals surface area (Å²) in [5.41, 5.74) is 1.42. The Morgan fingerprint density at radius 3 is 2.52 bits per heavy atom. The lowest BCUT2D eigenvalue weighted by molar-refractivity contribution is -0.131. The first-order chi connectivity index (χ1) is 12.2. The van der Waals surface area contributed by atoms with Gasteiger partial charge >= 0.3 is 0 Å². The summed E-state index contributed by atoms with van der Waals surface area (Å²) >= 11 is 0. The molecule has 2 heterocycles. The summed E-state index contributed by atoms with van der Waals surface area (Å²) < 4.78 is 5.42. The second-order valence-electron chi connectivity index (χ2n) is 7.63. The molecular formula is C21H32N2O2. The van der Waals surface area contributed by atoms with Crippen molar-refractivity contribution in [3.8, 4) is 0 Å². The highest BCUT2D eigenvalue weighted by Gasteiger charge is 2.24. The molecule has 2 fully saturated rings. The minimum Gasteiger partial charge on any atom is -0.381 e. The summed E-state index contributed by atoms with van der Waals surface area (Å²) in [6.07, 6.45) is 5.59. The highest BCUT2D eigenvalue weighted by atomic mass is 16.5. The fraction of sp³-hybridized carbons (Fsp3) is 0.667. The van der Waals surface area contributed by atoms with Crippen LogP contribution >= 0.6 is 0 Å². The van der Waals surface area contributed by atoms with Crippen LogP contribution in [-0.4, -0.2) is 49.7 Å². The molecule has 25 heavy (non-hydrogen) atoms. The van der Waals surface area contributed by atoms with Crippen LogP contribution in [0.5, 0.6) is 0 Å². The normalized spacial score (nSPS) is 21.2. The fourth-order valence-corrected chi connectivity index (χ4v) is 4.08. The number of nitrogens with zero attached hydrogens (tertiary/aromatic N) is 1. The third kappa shape index (κ3) is 5.55. The largest absolute Gasteiger partial charge is 0.381 e. The summed E-state index contributed by atoms with van der Waals surface area (Å²) in [5, 5.41) is 3.45. The Balaban J connectivity index is 1.36. The molecule has 1 atom stereocenters. The topological polar surface area (TPSA) is 41.6 Å². The third-order valence-corrected chi connectivity index (χ3v) is 5.88. The maximum atomic E-state index is 12.5. The number of hydrogen-bond acceptors (Lipinski definition) is 3. The van der Waals surface area contributed by atoms with Crippen LogP contribution in [0.25, 0.3) is 0 Å². The van der Waals surface area contributed by atoms with Crippen LogP contribution in [-0.2, 0) is 16.0 Å². The van der Waals surface area contributed by atoms with E-state index in [0.717, 1.165) is 58.4 Å². The Hall–Kier alpha value is -1.39. The molecule has 138 valence electrons. The third-order valence-electron chi connectivity index (χ3n) is 5.88. The van der Waals surface area contributed by atoms with Crippen molar-refractivity contribution in [3.05, 3.63) is 35.9 Å². The summed E-state index contributed by atoms with van der Waals surface area (Å²) in [5.74, 6) is 1.61. The van der Waals surface area contributed by atoms with E-state index in [4.69, 9.17) is 4.74 Å². The van der Waals surface area contributed by atoms with Crippen molar-refractivity contribution in [3.63, 3.8) is 0 Å². The molecule has 1 aromatic rings. The summed E-state index contributed by atoms with van der Waals surface area (Å²) in [7, 11) is 0. The molecule has 2 aliphatic rings. The SMILES string of the molecule is CC(NCC(=O)N1CCC(Cc2ccccc2)CC1)C1CCOCC1. The molecule has 2 aliphatic heterocycles. The maximum absolute atomic E-state index is 12.5. The van der Waals surface area contributed by atoms with Crippen LogP contribution in [0, 0.1) is 11.8 Å². The van der Waals surface area contributed by atoms with Gasteiger partial charge in [-0.2, -0.15) is 0 Å². The van der Waals surface area contributed by atoms with Crippen molar-refractivity contribution < 1.29 is 9.53 Å². The van der Waals surface area contributed by atoms with Gasteiger partial charge in [-0.3, -0.25) is 4.79 Å². The number of carbonyl (C=O) groups excluding carboxylic acids is 1. The van der Waals surface area contributed by atoms with Gasteiger partial charge in [0.15, 0.2) is 0 Å². The highest BCUT2D eigenvalue weighted by Crippen LogP contribution is 2.22. The van der Waals surface area contributed by atoms with E-state index in [1.54, 1.807) is 0 Å². The Bertz CT molecular complexity index is 520. The molecule has 0 radical (unpaired) electrons. The van der Waals surface area contributed by atoms with Gasteiger partial charge in [-0.1, -0.05) is 30.3 Å². The predicted molar refractivity (Wildman–Crippen MR) is 100 cm³/mol. The van der Waals surface area contributed by atoms with Gasteiger partial charge < -0.3 is 15.0 Å². The average Bonchev–Trinajstić information content (AvgIpc) is 2.68.